The second-order valence-corrected chi connectivity index (χ2v) is 3.55. The predicted octanol–water partition coefficient (Wildman–Crippen LogP) is -0.192. The molecule has 7 heteroatoms. The molecule has 16 heavy (non-hydrogen) atoms. The van der Waals surface area contributed by atoms with Gasteiger partial charge < -0.3 is 4.90 Å². The second kappa shape index (κ2) is 5.45. The van der Waals surface area contributed by atoms with E-state index in [-0.39, 0.29) is 18.2 Å². The fraction of sp³-hybridized carbons (Fsp3) is 0.667. The van der Waals surface area contributed by atoms with Crippen LogP contribution in [0.1, 0.15) is 19.8 Å². The van der Waals surface area contributed by atoms with E-state index >= 15 is 0 Å². The lowest BCUT2D eigenvalue weighted by molar-refractivity contribution is -0.458. The number of rotatable bonds is 4. The highest BCUT2D eigenvalue weighted by molar-refractivity contribution is 5.85. The number of carbonyl (C=O) groups excluding carboxylic acids is 3. The summed E-state index contributed by atoms with van der Waals surface area (Å²) in [6.45, 7) is 1.73. The third kappa shape index (κ3) is 3.50. The van der Waals surface area contributed by atoms with E-state index in [9.17, 15) is 14.4 Å². The Labute approximate surface area is 92.1 Å². The van der Waals surface area contributed by atoms with Crippen molar-refractivity contribution in [2.75, 3.05) is 13.6 Å². The van der Waals surface area contributed by atoms with Crippen LogP contribution in [0.15, 0.2) is 0 Å². The second-order valence-electron chi connectivity index (χ2n) is 3.55. The molecular formula is C9H13NO6. The lowest BCUT2D eigenvalue weighted by Gasteiger charge is -2.08. The number of likely N-dealkylation sites (tertiary alicyclic amines) is 1. The van der Waals surface area contributed by atoms with Gasteiger partial charge in [0, 0.05) is 25.6 Å². The number of hydrogen-bond donors (Lipinski definition) is 0. The summed E-state index contributed by atoms with van der Waals surface area (Å²) in [7, 11) is 1.67. The molecule has 0 bridgehead atoms. The van der Waals surface area contributed by atoms with Crippen molar-refractivity contribution in [1.29, 1.82) is 0 Å². The van der Waals surface area contributed by atoms with Crippen LogP contribution in [0.3, 0.4) is 0 Å². The molecule has 1 heterocycles. The maximum absolute atomic E-state index is 11.4. The summed E-state index contributed by atoms with van der Waals surface area (Å²) in [5.41, 5.74) is 0. The van der Waals surface area contributed by atoms with Crippen LogP contribution >= 0.6 is 0 Å². The Balaban J connectivity index is 2.24. The van der Waals surface area contributed by atoms with Gasteiger partial charge in [0.15, 0.2) is 0 Å². The third-order valence-electron chi connectivity index (χ3n) is 2.23. The van der Waals surface area contributed by atoms with Crippen molar-refractivity contribution < 1.29 is 29.2 Å². The first-order valence-corrected chi connectivity index (χ1v) is 4.80. The van der Waals surface area contributed by atoms with Gasteiger partial charge >= 0.3 is 11.9 Å². The monoisotopic (exact) mass is 231 g/mol. The van der Waals surface area contributed by atoms with E-state index in [2.05, 4.69) is 14.8 Å². The first kappa shape index (κ1) is 12.4. The average molecular weight is 231 g/mol. The van der Waals surface area contributed by atoms with Crippen LogP contribution in [-0.4, -0.2) is 36.3 Å². The van der Waals surface area contributed by atoms with Gasteiger partial charge in [0.2, 0.25) is 5.91 Å². The highest BCUT2D eigenvalue weighted by atomic mass is 17.5. The highest BCUT2D eigenvalue weighted by Crippen LogP contribution is 2.20. The number of carbonyl (C=O) groups is 3. The zero-order valence-corrected chi connectivity index (χ0v) is 9.10. The first-order chi connectivity index (χ1) is 7.50. The molecule has 0 saturated carbocycles. The Hall–Kier alpha value is -1.63. The molecule has 7 nitrogen and oxygen atoms in total. The molecule has 0 aromatic carbocycles. The van der Waals surface area contributed by atoms with Crippen LogP contribution in [0, 0.1) is 5.92 Å². The molecule has 1 saturated heterocycles. The van der Waals surface area contributed by atoms with E-state index in [1.807, 2.05) is 0 Å². The van der Waals surface area contributed by atoms with Gasteiger partial charge in [-0.2, -0.15) is 0 Å². The molecule has 90 valence electrons. The molecule has 0 spiro atoms. The molecule has 0 N–H and O–H groups in total. The molecule has 1 aliphatic rings. The number of hydrogen-bond acceptors (Lipinski definition) is 6. The first-order valence-electron chi connectivity index (χ1n) is 4.80. The Morgan fingerprint density at radius 1 is 1.44 bits per heavy atom. The van der Waals surface area contributed by atoms with Gasteiger partial charge in [0.1, 0.15) is 0 Å². The van der Waals surface area contributed by atoms with Gasteiger partial charge in [-0.1, -0.05) is 0 Å². The van der Waals surface area contributed by atoms with E-state index in [4.69, 9.17) is 0 Å². The fourth-order valence-electron chi connectivity index (χ4n) is 1.42. The van der Waals surface area contributed by atoms with E-state index in [0.29, 0.717) is 13.0 Å². The summed E-state index contributed by atoms with van der Waals surface area (Å²) in [5, 5.41) is 3.91. The highest BCUT2D eigenvalue weighted by Gasteiger charge is 2.31. The molecule has 1 rings (SSSR count). The minimum atomic E-state index is -0.741. The summed E-state index contributed by atoms with van der Waals surface area (Å²) in [5.74, 6) is -1.94. The molecule has 1 fully saturated rings. The van der Waals surface area contributed by atoms with Crippen molar-refractivity contribution in [3.8, 4) is 0 Å². The average Bonchev–Trinajstić information content (AvgIpc) is 2.49. The summed E-state index contributed by atoms with van der Waals surface area (Å²) in [6, 6.07) is 0. The van der Waals surface area contributed by atoms with Crippen molar-refractivity contribution >= 4 is 17.8 Å². The van der Waals surface area contributed by atoms with Gasteiger partial charge in [0.05, 0.1) is 12.3 Å². The van der Waals surface area contributed by atoms with Crippen molar-refractivity contribution in [3.05, 3.63) is 0 Å². The summed E-state index contributed by atoms with van der Waals surface area (Å²) in [6.07, 6.45) is 0.530. The lowest BCUT2D eigenvalue weighted by atomic mass is 10.0. The van der Waals surface area contributed by atoms with Crippen molar-refractivity contribution in [3.63, 3.8) is 0 Å². The van der Waals surface area contributed by atoms with Crippen LogP contribution < -0.4 is 0 Å². The minimum absolute atomic E-state index is 0.0789. The SMILES string of the molecule is CC(=O)OOOC(=O)CC1CCN(C)C1=O. The van der Waals surface area contributed by atoms with Crippen LogP contribution in [0.2, 0.25) is 0 Å². The summed E-state index contributed by atoms with van der Waals surface area (Å²) in [4.78, 5) is 42.4. The molecule has 1 aliphatic heterocycles. The zero-order chi connectivity index (χ0) is 12.1. The van der Waals surface area contributed by atoms with Crippen LogP contribution in [0.4, 0.5) is 0 Å². The van der Waals surface area contributed by atoms with E-state index in [1.54, 1.807) is 11.9 Å². The third-order valence-corrected chi connectivity index (χ3v) is 2.23. The van der Waals surface area contributed by atoms with Gasteiger partial charge in [0.25, 0.3) is 0 Å². The molecule has 1 atom stereocenters. The quantitative estimate of drug-likeness (QED) is 0.492. The smallest absolute Gasteiger partial charge is 0.345 e. The largest absolute Gasteiger partial charge is 0.347 e. The fourth-order valence-corrected chi connectivity index (χ4v) is 1.42. The van der Waals surface area contributed by atoms with Crippen LogP contribution in [0.5, 0.6) is 0 Å². The molecular weight excluding hydrogens is 218 g/mol. The van der Waals surface area contributed by atoms with Gasteiger partial charge in [-0.05, 0) is 6.42 Å². The molecule has 0 radical (unpaired) electrons. The van der Waals surface area contributed by atoms with Crippen LogP contribution in [-0.2, 0) is 29.2 Å². The predicted molar refractivity (Wildman–Crippen MR) is 49.3 cm³/mol. The van der Waals surface area contributed by atoms with E-state index < -0.39 is 11.9 Å². The van der Waals surface area contributed by atoms with Gasteiger partial charge in [-0.25, -0.2) is 9.59 Å². The number of amides is 1. The van der Waals surface area contributed by atoms with Crippen molar-refractivity contribution in [2.45, 2.75) is 19.8 Å². The topological polar surface area (TPSA) is 82.1 Å². The maximum Gasteiger partial charge on any atom is 0.347 e. The normalized spacial score (nSPS) is 19.8. The van der Waals surface area contributed by atoms with E-state index in [1.165, 1.54) is 0 Å². The molecule has 1 unspecified atom stereocenters. The molecule has 0 aromatic rings. The Morgan fingerprint density at radius 3 is 2.62 bits per heavy atom. The number of nitrogens with zero attached hydrogens (tertiary/aromatic N) is 1. The maximum atomic E-state index is 11.4. The minimum Gasteiger partial charge on any atom is -0.345 e. The Bertz CT molecular complexity index is 302. The standard InChI is InChI=1S/C9H13NO6/c1-6(11)14-16-15-8(12)5-7-3-4-10(2)9(7)13/h7H,3-5H2,1-2H3. The summed E-state index contributed by atoms with van der Waals surface area (Å²) >= 11 is 0. The van der Waals surface area contributed by atoms with Gasteiger partial charge in [-0.3, -0.25) is 14.6 Å². The van der Waals surface area contributed by atoms with Crippen LogP contribution in [0.25, 0.3) is 0 Å². The van der Waals surface area contributed by atoms with E-state index in [0.717, 1.165) is 6.92 Å². The zero-order valence-electron chi connectivity index (χ0n) is 9.10. The van der Waals surface area contributed by atoms with Gasteiger partial charge in [-0.15, -0.1) is 0 Å². The Kier molecular flexibility index (Phi) is 4.24. The molecule has 0 aromatic heterocycles. The van der Waals surface area contributed by atoms with Crippen molar-refractivity contribution in [1.82, 2.24) is 4.90 Å². The lowest BCUT2D eigenvalue weighted by Crippen LogP contribution is -2.24. The molecule has 0 aliphatic carbocycles. The Morgan fingerprint density at radius 2 is 2.12 bits per heavy atom. The van der Waals surface area contributed by atoms with Crippen molar-refractivity contribution in [2.24, 2.45) is 5.92 Å². The molecule has 1 amide bonds. The summed E-state index contributed by atoms with van der Waals surface area (Å²) < 4.78 is 0.